The molecular weight excluding hydrogens is 348 g/mol. The van der Waals surface area contributed by atoms with Crippen molar-refractivity contribution in [2.45, 2.75) is 0 Å². The van der Waals surface area contributed by atoms with Gasteiger partial charge in [0.25, 0.3) is 0 Å². The zero-order chi connectivity index (χ0) is 19.3. The number of nitrogens with two attached hydrogens (primary N) is 1. The Hall–Kier alpha value is -3.86. The van der Waals surface area contributed by atoms with Crippen molar-refractivity contribution >= 4 is 17.3 Å². The molecular formula is C23H20N4O. The first-order valence-corrected chi connectivity index (χ1v) is 8.92. The lowest BCUT2D eigenvalue weighted by Gasteiger charge is -2.10. The number of rotatable bonds is 5. The smallest absolute Gasteiger partial charge is 0.227 e. The van der Waals surface area contributed by atoms with E-state index in [9.17, 15) is 0 Å². The molecule has 5 nitrogen and oxygen atoms in total. The van der Waals surface area contributed by atoms with E-state index in [0.29, 0.717) is 17.4 Å². The van der Waals surface area contributed by atoms with Gasteiger partial charge in [0.2, 0.25) is 5.95 Å². The normalized spacial score (nSPS) is 10.5. The number of ether oxygens (including phenoxy) is 1. The number of nitrogens with one attached hydrogen (secondary N) is 1. The molecule has 0 atom stereocenters. The SMILES string of the molecule is COc1ccc(-c2ccnc(Nc3cccc(-c4ccccc4)c3)n2)cc1N. The molecule has 0 saturated carbocycles. The highest BCUT2D eigenvalue weighted by Crippen LogP contribution is 2.28. The second kappa shape index (κ2) is 7.80. The summed E-state index contributed by atoms with van der Waals surface area (Å²) in [7, 11) is 1.60. The Morgan fingerprint density at radius 2 is 1.64 bits per heavy atom. The average Bonchev–Trinajstić information content (AvgIpc) is 2.75. The van der Waals surface area contributed by atoms with E-state index < -0.39 is 0 Å². The first-order valence-electron chi connectivity index (χ1n) is 8.92. The molecule has 138 valence electrons. The van der Waals surface area contributed by atoms with Crippen molar-refractivity contribution in [3.63, 3.8) is 0 Å². The first kappa shape index (κ1) is 17.5. The zero-order valence-corrected chi connectivity index (χ0v) is 15.5. The zero-order valence-electron chi connectivity index (χ0n) is 15.5. The molecule has 0 saturated heterocycles. The van der Waals surface area contributed by atoms with Gasteiger partial charge < -0.3 is 15.8 Å². The molecule has 0 unspecified atom stereocenters. The van der Waals surface area contributed by atoms with Crippen LogP contribution in [0.25, 0.3) is 22.4 Å². The molecule has 0 aliphatic heterocycles. The summed E-state index contributed by atoms with van der Waals surface area (Å²) in [6.45, 7) is 0. The fourth-order valence-corrected chi connectivity index (χ4v) is 3.01. The number of hydrogen-bond acceptors (Lipinski definition) is 5. The van der Waals surface area contributed by atoms with Crippen molar-refractivity contribution in [2.24, 2.45) is 0 Å². The fourth-order valence-electron chi connectivity index (χ4n) is 3.01. The summed E-state index contributed by atoms with van der Waals surface area (Å²) in [5.41, 5.74) is 11.5. The summed E-state index contributed by atoms with van der Waals surface area (Å²) in [6.07, 6.45) is 1.73. The van der Waals surface area contributed by atoms with Gasteiger partial charge in [-0.25, -0.2) is 9.97 Å². The number of benzene rings is 3. The van der Waals surface area contributed by atoms with Gasteiger partial charge in [-0.15, -0.1) is 0 Å². The summed E-state index contributed by atoms with van der Waals surface area (Å²) in [5.74, 6) is 1.17. The van der Waals surface area contributed by atoms with Crippen LogP contribution in [0.3, 0.4) is 0 Å². The minimum atomic E-state index is 0.525. The topological polar surface area (TPSA) is 73.1 Å². The maximum Gasteiger partial charge on any atom is 0.227 e. The van der Waals surface area contributed by atoms with Gasteiger partial charge in [-0.1, -0.05) is 42.5 Å². The number of methoxy groups -OCH3 is 1. The van der Waals surface area contributed by atoms with Crippen LogP contribution >= 0.6 is 0 Å². The molecule has 0 spiro atoms. The van der Waals surface area contributed by atoms with E-state index in [4.69, 9.17) is 10.5 Å². The van der Waals surface area contributed by atoms with E-state index in [1.807, 2.05) is 54.6 Å². The molecule has 1 heterocycles. The molecule has 3 N–H and O–H groups in total. The Morgan fingerprint density at radius 3 is 2.43 bits per heavy atom. The number of hydrogen-bond donors (Lipinski definition) is 2. The van der Waals surface area contributed by atoms with Crippen LogP contribution in [-0.4, -0.2) is 17.1 Å². The largest absolute Gasteiger partial charge is 0.495 e. The third-order valence-corrected chi connectivity index (χ3v) is 4.41. The molecule has 0 fully saturated rings. The third kappa shape index (κ3) is 3.78. The molecule has 0 radical (unpaired) electrons. The van der Waals surface area contributed by atoms with Crippen molar-refractivity contribution in [2.75, 3.05) is 18.2 Å². The highest BCUT2D eigenvalue weighted by Gasteiger charge is 2.07. The van der Waals surface area contributed by atoms with Crippen molar-refractivity contribution in [3.05, 3.63) is 85.1 Å². The fraction of sp³-hybridized carbons (Fsp3) is 0.0435. The monoisotopic (exact) mass is 368 g/mol. The molecule has 0 aliphatic carbocycles. The molecule has 3 aromatic carbocycles. The van der Waals surface area contributed by atoms with Crippen LogP contribution in [0.1, 0.15) is 0 Å². The number of anilines is 3. The quantitative estimate of drug-likeness (QED) is 0.477. The van der Waals surface area contributed by atoms with E-state index in [-0.39, 0.29) is 0 Å². The summed E-state index contributed by atoms with van der Waals surface area (Å²) in [6, 6.07) is 25.9. The second-order valence-corrected chi connectivity index (χ2v) is 6.29. The molecule has 0 bridgehead atoms. The van der Waals surface area contributed by atoms with Crippen LogP contribution in [-0.2, 0) is 0 Å². The van der Waals surface area contributed by atoms with E-state index in [1.54, 1.807) is 13.3 Å². The molecule has 1 aromatic heterocycles. The molecule has 28 heavy (non-hydrogen) atoms. The lowest BCUT2D eigenvalue weighted by Crippen LogP contribution is -1.99. The van der Waals surface area contributed by atoms with Crippen molar-refractivity contribution < 1.29 is 4.74 Å². The van der Waals surface area contributed by atoms with Crippen molar-refractivity contribution in [1.82, 2.24) is 9.97 Å². The molecule has 0 aliphatic rings. The highest BCUT2D eigenvalue weighted by molar-refractivity contribution is 5.71. The van der Waals surface area contributed by atoms with Gasteiger partial charge in [0.1, 0.15) is 5.75 Å². The van der Waals surface area contributed by atoms with Gasteiger partial charge in [-0.2, -0.15) is 0 Å². The molecule has 0 amide bonds. The van der Waals surface area contributed by atoms with Crippen LogP contribution in [0.5, 0.6) is 5.75 Å². The van der Waals surface area contributed by atoms with E-state index in [2.05, 4.69) is 39.6 Å². The number of nitrogen functional groups attached to an aromatic ring is 1. The average molecular weight is 368 g/mol. The van der Waals surface area contributed by atoms with Crippen LogP contribution < -0.4 is 15.8 Å². The lowest BCUT2D eigenvalue weighted by atomic mass is 10.1. The predicted octanol–water partition coefficient (Wildman–Crippen LogP) is 5.15. The van der Waals surface area contributed by atoms with Gasteiger partial charge in [0.15, 0.2) is 0 Å². The Balaban J connectivity index is 1.60. The third-order valence-electron chi connectivity index (χ3n) is 4.41. The number of nitrogens with zero attached hydrogens (tertiary/aromatic N) is 2. The molecule has 4 aromatic rings. The van der Waals surface area contributed by atoms with E-state index in [1.165, 1.54) is 0 Å². The first-order chi connectivity index (χ1) is 13.7. The Kier molecular flexibility index (Phi) is 4.89. The van der Waals surface area contributed by atoms with Gasteiger partial charge >= 0.3 is 0 Å². The van der Waals surface area contributed by atoms with Crippen LogP contribution in [0.15, 0.2) is 85.1 Å². The standard InChI is InChI=1S/C23H20N4O/c1-28-22-11-10-18(15-20(22)24)21-12-13-25-23(27-21)26-19-9-5-8-17(14-19)16-6-3-2-4-7-16/h2-15H,24H2,1H3,(H,25,26,27). The van der Waals surface area contributed by atoms with Crippen LogP contribution in [0, 0.1) is 0 Å². The summed E-state index contributed by atoms with van der Waals surface area (Å²) >= 11 is 0. The van der Waals surface area contributed by atoms with Gasteiger partial charge in [-0.05, 0) is 47.5 Å². The van der Waals surface area contributed by atoms with Gasteiger partial charge in [0, 0.05) is 17.4 Å². The summed E-state index contributed by atoms with van der Waals surface area (Å²) < 4.78 is 5.22. The van der Waals surface area contributed by atoms with E-state index >= 15 is 0 Å². The highest BCUT2D eigenvalue weighted by atomic mass is 16.5. The van der Waals surface area contributed by atoms with Gasteiger partial charge in [-0.3, -0.25) is 0 Å². The van der Waals surface area contributed by atoms with Crippen LogP contribution in [0.4, 0.5) is 17.3 Å². The summed E-state index contributed by atoms with van der Waals surface area (Å²) in [5, 5.41) is 3.28. The van der Waals surface area contributed by atoms with Crippen molar-refractivity contribution in [1.29, 1.82) is 0 Å². The maximum atomic E-state index is 6.02. The molecule has 4 rings (SSSR count). The van der Waals surface area contributed by atoms with Crippen molar-refractivity contribution in [3.8, 4) is 28.1 Å². The molecule has 5 heteroatoms. The van der Waals surface area contributed by atoms with E-state index in [0.717, 1.165) is 28.1 Å². The summed E-state index contributed by atoms with van der Waals surface area (Å²) in [4.78, 5) is 8.96. The Bertz CT molecular complexity index is 1100. The second-order valence-electron chi connectivity index (χ2n) is 6.29. The van der Waals surface area contributed by atoms with Gasteiger partial charge in [0.05, 0.1) is 18.5 Å². The minimum Gasteiger partial charge on any atom is -0.495 e. The Morgan fingerprint density at radius 1 is 0.821 bits per heavy atom. The maximum absolute atomic E-state index is 6.02. The predicted molar refractivity (Wildman–Crippen MR) is 114 cm³/mol. The number of aromatic nitrogens is 2. The lowest BCUT2D eigenvalue weighted by molar-refractivity contribution is 0.417. The van der Waals surface area contributed by atoms with Crippen LogP contribution in [0.2, 0.25) is 0 Å². The minimum absolute atomic E-state index is 0.525. The Labute approximate surface area is 163 Å².